The van der Waals surface area contributed by atoms with Crippen molar-refractivity contribution >= 4 is 23.4 Å². The van der Waals surface area contributed by atoms with Gasteiger partial charge in [-0.05, 0) is 47.7 Å². The largest absolute Gasteiger partial charge is 0.493 e. The van der Waals surface area contributed by atoms with Crippen molar-refractivity contribution in [3.8, 4) is 11.5 Å². The van der Waals surface area contributed by atoms with Gasteiger partial charge in [-0.1, -0.05) is 23.7 Å². The third kappa shape index (κ3) is 4.52. The Labute approximate surface area is 185 Å². The van der Waals surface area contributed by atoms with Gasteiger partial charge in [0.15, 0.2) is 11.5 Å². The molecule has 31 heavy (non-hydrogen) atoms. The van der Waals surface area contributed by atoms with Crippen molar-refractivity contribution in [2.24, 2.45) is 0 Å². The minimum atomic E-state index is -0.375. The average molecular weight is 447 g/mol. The maximum atomic E-state index is 13.7. The Morgan fingerprint density at radius 3 is 2.65 bits per heavy atom. The second-order valence-electron chi connectivity index (χ2n) is 7.67. The topological polar surface area (TPSA) is 67.9 Å². The number of nitrogens with one attached hydrogen (secondary N) is 1. The number of likely N-dealkylation sites (tertiary alicyclic amines) is 1. The number of hydrogen-bond donors (Lipinski definition) is 1. The van der Waals surface area contributed by atoms with E-state index in [1.807, 2.05) is 18.2 Å². The lowest BCUT2D eigenvalue weighted by Crippen LogP contribution is -2.33. The van der Waals surface area contributed by atoms with Gasteiger partial charge >= 0.3 is 0 Å². The molecule has 1 fully saturated rings. The predicted molar refractivity (Wildman–Crippen MR) is 114 cm³/mol. The molecule has 1 N–H and O–H groups in total. The summed E-state index contributed by atoms with van der Waals surface area (Å²) in [6.07, 6.45) is 2.17. The normalized spacial score (nSPS) is 17.9. The van der Waals surface area contributed by atoms with E-state index in [4.69, 9.17) is 21.1 Å². The number of carbonyl (C=O) groups excluding carboxylic acids is 2. The molecule has 164 valence electrons. The number of halogens is 2. The zero-order chi connectivity index (χ0) is 22.0. The summed E-state index contributed by atoms with van der Waals surface area (Å²) in [4.78, 5) is 24.6. The molecule has 1 aliphatic carbocycles. The zero-order valence-corrected chi connectivity index (χ0v) is 18.0. The second kappa shape index (κ2) is 9.24. The monoisotopic (exact) mass is 446 g/mol. The van der Waals surface area contributed by atoms with Crippen LogP contribution in [-0.2, 0) is 22.6 Å². The Morgan fingerprint density at radius 2 is 1.90 bits per heavy atom. The fraction of sp³-hybridized carbons (Fsp3) is 0.391. The molecule has 1 saturated heterocycles. The predicted octanol–water partition coefficient (Wildman–Crippen LogP) is 3.79. The first kappa shape index (κ1) is 21.6. The van der Waals surface area contributed by atoms with Crippen LogP contribution in [0.1, 0.15) is 42.0 Å². The summed E-state index contributed by atoms with van der Waals surface area (Å²) in [6, 6.07) is 8.98. The van der Waals surface area contributed by atoms with Crippen molar-refractivity contribution in [2.75, 3.05) is 20.3 Å². The molecule has 0 radical (unpaired) electrons. The van der Waals surface area contributed by atoms with Gasteiger partial charge in [0.2, 0.25) is 11.8 Å². The van der Waals surface area contributed by atoms with E-state index in [1.165, 1.54) is 11.0 Å². The van der Waals surface area contributed by atoms with Crippen molar-refractivity contribution < 1.29 is 23.5 Å². The lowest BCUT2D eigenvalue weighted by Gasteiger charge is -2.17. The van der Waals surface area contributed by atoms with E-state index < -0.39 is 0 Å². The van der Waals surface area contributed by atoms with Gasteiger partial charge in [-0.2, -0.15) is 0 Å². The SMILES string of the molecule is COc1cc(CNC2CCc3c2ccc(F)c3Cl)ccc1OCCN1C(=O)CCC1=O. The highest BCUT2D eigenvalue weighted by atomic mass is 35.5. The van der Waals surface area contributed by atoms with Crippen LogP contribution in [0.4, 0.5) is 4.39 Å². The number of amides is 2. The van der Waals surface area contributed by atoms with Crippen molar-refractivity contribution in [3.63, 3.8) is 0 Å². The van der Waals surface area contributed by atoms with Crippen molar-refractivity contribution in [1.82, 2.24) is 10.2 Å². The summed E-state index contributed by atoms with van der Waals surface area (Å²) < 4.78 is 24.9. The number of benzene rings is 2. The molecule has 1 aliphatic heterocycles. The van der Waals surface area contributed by atoms with E-state index in [1.54, 1.807) is 13.2 Å². The smallest absolute Gasteiger partial charge is 0.229 e. The Hall–Kier alpha value is -2.64. The molecule has 0 bridgehead atoms. The summed E-state index contributed by atoms with van der Waals surface area (Å²) >= 11 is 6.10. The van der Waals surface area contributed by atoms with Crippen LogP contribution in [0.15, 0.2) is 30.3 Å². The Bertz CT molecular complexity index is 997. The van der Waals surface area contributed by atoms with Crippen molar-refractivity contribution in [1.29, 1.82) is 0 Å². The minimum Gasteiger partial charge on any atom is -0.493 e. The summed E-state index contributed by atoms with van der Waals surface area (Å²) in [5, 5.41) is 3.73. The summed E-state index contributed by atoms with van der Waals surface area (Å²) in [5.41, 5.74) is 2.94. The number of nitrogens with zero attached hydrogens (tertiary/aromatic N) is 1. The Balaban J connectivity index is 1.35. The fourth-order valence-corrected chi connectivity index (χ4v) is 4.41. The molecule has 6 nitrogen and oxygen atoms in total. The van der Waals surface area contributed by atoms with Gasteiger partial charge in [0.25, 0.3) is 0 Å². The molecule has 2 aromatic carbocycles. The summed E-state index contributed by atoms with van der Waals surface area (Å²) in [6.45, 7) is 1.04. The lowest BCUT2D eigenvalue weighted by atomic mass is 10.1. The third-order valence-electron chi connectivity index (χ3n) is 5.80. The molecule has 1 unspecified atom stereocenters. The average Bonchev–Trinajstić information content (AvgIpc) is 3.33. The Kier molecular flexibility index (Phi) is 6.43. The van der Waals surface area contributed by atoms with Crippen molar-refractivity contribution in [2.45, 2.75) is 38.3 Å². The summed E-state index contributed by atoms with van der Waals surface area (Å²) in [5.74, 6) is 0.452. The molecule has 2 amide bonds. The van der Waals surface area contributed by atoms with Gasteiger partial charge in [0.1, 0.15) is 12.4 Å². The first-order valence-electron chi connectivity index (χ1n) is 10.3. The number of carbonyl (C=O) groups is 2. The van der Waals surface area contributed by atoms with E-state index in [-0.39, 0.29) is 54.7 Å². The van der Waals surface area contributed by atoms with Gasteiger partial charge in [0.05, 0.1) is 18.7 Å². The molecular formula is C23H24ClFN2O4. The molecule has 2 aromatic rings. The third-order valence-corrected chi connectivity index (χ3v) is 6.21. The van der Waals surface area contributed by atoms with Crippen LogP contribution >= 0.6 is 11.6 Å². The van der Waals surface area contributed by atoms with Crippen LogP contribution in [0, 0.1) is 5.82 Å². The van der Waals surface area contributed by atoms with Gasteiger partial charge in [0, 0.05) is 25.4 Å². The first-order chi connectivity index (χ1) is 15.0. The summed E-state index contributed by atoms with van der Waals surface area (Å²) in [7, 11) is 1.57. The van der Waals surface area contributed by atoms with Crippen LogP contribution in [0.3, 0.4) is 0 Å². The van der Waals surface area contributed by atoms with Gasteiger partial charge in [-0.3, -0.25) is 14.5 Å². The molecule has 2 aliphatic rings. The Morgan fingerprint density at radius 1 is 1.13 bits per heavy atom. The van der Waals surface area contributed by atoms with E-state index in [0.29, 0.717) is 18.0 Å². The minimum absolute atomic E-state index is 0.116. The lowest BCUT2D eigenvalue weighted by molar-refractivity contribution is -0.138. The molecule has 0 saturated carbocycles. The van der Waals surface area contributed by atoms with Gasteiger partial charge < -0.3 is 14.8 Å². The van der Waals surface area contributed by atoms with E-state index in [2.05, 4.69) is 5.32 Å². The maximum absolute atomic E-state index is 13.7. The highest BCUT2D eigenvalue weighted by Crippen LogP contribution is 2.37. The van der Waals surface area contributed by atoms with Crippen LogP contribution < -0.4 is 14.8 Å². The highest BCUT2D eigenvalue weighted by molar-refractivity contribution is 6.31. The van der Waals surface area contributed by atoms with Crippen LogP contribution in [-0.4, -0.2) is 37.0 Å². The molecule has 4 rings (SSSR count). The van der Waals surface area contributed by atoms with E-state index in [9.17, 15) is 14.0 Å². The van der Waals surface area contributed by atoms with Crippen LogP contribution in [0.5, 0.6) is 11.5 Å². The standard InChI is InChI=1S/C23H24ClFN2O4/c1-30-20-12-14(2-7-19(20)31-11-10-27-21(28)8-9-22(27)29)13-26-18-6-4-16-15(18)3-5-17(25)23(16)24/h2-3,5,7,12,18,26H,4,6,8-11,13H2,1H3. The first-order valence-corrected chi connectivity index (χ1v) is 10.7. The number of imide groups is 1. The zero-order valence-electron chi connectivity index (χ0n) is 17.2. The fourth-order valence-electron chi connectivity index (χ4n) is 4.15. The number of rotatable bonds is 8. The number of ether oxygens (including phenoxy) is 2. The molecule has 0 spiro atoms. The highest BCUT2D eigenvalue weighted by Gasteiger charge is 2.28. The molecule has 8 heteroatoms. The molecule has 1 atom stereocenters. The van der Waals surface area contributed by atoms with Gasteiger partial charge in [-0.25, -0.2) is 4.39 Å². The van der Waals surface area contributed by atoms with E-state index in [0.717, 1.165) is 29.5 Å². The number of fused-ring (bicyclic) bond motifs is 1. The van der Waals surface area contributed by atoms with Crippen LogP contribution in [0.25, 0.3) is 0 Å². The maximum Gasteiger partial charge on any atom is 0.229 e. The second-order valence-corrected chi connectivity index (χ2v) is 8.05. The van der Waals surface area contributed by atoms with Crippen molar-refractivity contribution in [3.05, 3.63) is 57.9 Å². The van der Waals surface area contributed by atoms with Crippen LogP contribution in [0.2, 0.25) is 5.02 Å². The van der Waals surface area contributed by atoms with E-state index >= 15 is 0 Å². The number of hydrogen-bond acceptors (Lipinski definition) is 5. The molecule has 0 aromatic heterocycles. The molecular weight excluding hydrogens is 423 g/mol. The number of methoxy groups -OCH3 is 1. The van der Waals surface area contributed by atoms with Gasteiger partial charge in [-0.15, -0.1) is 0 Å². The molecule has 1 heterocycles. The quantitative estimate of drug-likeness (QED) is 0.625.